The summed E-state index contributed by atoms with van der Waals surface area (Å²) >= 11 is 0. The highest BCUT2D eigenvalue weighted by Crippen LogP contribution is 2.17. The van der Waals surface area contributed by atoms with Crippen LogP contribution in [0.3, 0.4) is 0 Å². The lowest BCUT2D eigenvalue weighted by atomic mass is 10.1. The van der Waals surface area contributed by atoms with Crippen molar-refractivity contribution >= 4 is 24.2 Å². The van der Waals surface area contributed by atoms with E-state index in [0.717, 1.165) is 0 Å². The van der Waals surface area contributed by atoms with Crippen molar-refractivity contribution < 1.29 is 14.3 Å². The first-order valence-electron chi connectivity index (χ1n) is 5.28. The summed E-state index contributed by atoms with van der Waals surface area (Å²) in [6.07, 6.45) is -0.114. The molecule has 0 aromatic heterocycles. The second-order valence-electron chi connectivity index (χ2n) is 4.64. The lowest BCUT2D eigenvalue weighted by molar-refractivity contribution is -0.148. The Balaban J connectivity index is 0.00000256. The van der Waals surface area contributed by atoms with Gasteiger partial charge in [-0.1, -0.05) is 0 Å². The second kappa shape index (κ2) is 6.18. The lowest BCUT2D eigenvalue weighted by Crippen LogP contribution is -2.55. The molecule has 7 heteroatoms. The van der Waals surface area contributed by atoms with Crippen LogP contribution < -0.4 is 11.5 Å². The minimum absolute atomic E-state index is 0. The standard InChI is InChI=1S/C10H19N3O3.ClH/c1-10(2)6-13(3-4-16-10)9(15)7(11)5-8(12)14;/h7H,3-6,11H2,1-2H3,(H2,12,14);1H. The first-order chi connectivity index (χ1) is 7.32. The maximum absolute atomic E-state index is 11.9. The van der Waals surface area contributed by atoms with Crippen molar-refractivity contribution in [3.8, 4) is 0 Å². The Morgan fingerprint density at radius 1 is 1.47 bits per heavy atom. The van der Waals surface area contributed by atoms with Gasteiger partial charge in [-0.25, -0.2) is 0 Å². The number of hydrogen-bond acceptors (Lipinski definition) is 4. The van der Waals surface area contributed by atoms with Gasteiger partial charge in [0.2, 0.25) is 11.8 Å². The van der Waals surface area contributed by atoms with Crippen LogP contribution in [-0.4, -0.2) is 48.1 Å². The highest BCUT2D eigenvalue weighted by Gasteiger charge is 2.32. The molecule has 100 valence electrons. The smallest absolute Gasteiger partial charge is 0.240 e. The molecule has 1 aliphatic heterocycles. The summed E-state index contributed by atoms with van der Waals surface area (Å²) in [5.41, 5.74) is 10.2. The normalized spacial score (nSPS) is 20.3. The molecule has 0 aromatic carbocycles. The summed E-state index contributed by atoms with van der Waals surface area (Å²) in [6.45, 7) is 5.30. The number of ether oxygens (including phenoxy) is 1. The van der Waals surface area contributed by atoms with E-state index in [4.69, 9.17) is 16.2 Å². The molecule has 1 unspecified atom stereocenters. The van der Waals surface area contributed by atoms with E-state index in [-0.39, 0.29) is 30.3 Å². The second-order valence-corrected chi connectivity index (χ2v) is 4.64. The topological polar surface area (TPSA) is 98.6 Å². The Labute approximate surface area is 107 Å². The molecule has 1 aliphatic rings. The number of rotatable bonds is 3. The van der Waals surface area contributed by atoms with Crippen LogP contribution >= 0.6 is 12.4 Å². The van der Waals surface area contributed by atoms with E-state index >= 15 is 0 Å². The summed E-state index contributed by atoms with van der Waals surface area (Å²) in [5, 5.41) is 0. The molecule has 4 N–H and O–H groups in total. The summed E-state index contributed by atoms with van der Waals surface area (Å²) in [4.78, 5) is 24.2. The molecular weight excluding hydrogens is 246 g/mol. The van der Waals surface area contributed by atoms with Gasteiger partial charge in [0.1, 0.15) is 0 Å². The SMILES string of the molecule is CC1(C)CN(C(=O)C(N)CC(N)=O)CCO1.Cl. The van der Waals surface area contributed by atoms with Crippen LogP contribution in [0.25, 0.3) is 0 Å². The number of morpholine rings is 1. The summed E-state index contributed by atoms with van der Waals surface area (Å²) in [7, 11) is 0. The number of nitrogens with zero attached hydrogens (tertiary/aromatic N) is 1. The Bertz CT molecular complexity index is 297. The third-order valence-electron chi connectivity index (χ3n) is 2.48. The zero-order chi connectivity index (χ0) is 12.3. The summed E-state index contributed by atoms with van der Waals surface area (Å²) in [6, 6.07) is -0.841. The molecule has 0 radical (unpaired) electrons. The van der Waals surface area contributed by atoms with Crippen molar-refractivity contribution in [2.24, 2.45) is 11.5 Å². The lowest BCUT2D eigenvalue weighted by Gasteiger charge is -2.39. The maximum atomic E-state index is 11.9. The van der Waals surface area contributed by atoms with Gasteiger partial charge in [-0.2, -0.15) is 0 Å². The Kier molecular flexibility index (Phi) is 5.87. The third kappa shape index (κ3) is 4.89. The molecule has 0 aromatic rings. The van der Waals surface area contributed by atoms with Crippen molar-refractivity contribution in [3.63, 3.8) is 0 Å². The molecule has 1 atom stereocenters. The van der Waals surface area contributed by atoms with Crippen molar-refractivity contribution in [1.29, 1.82) is 0 Å². The van der Waals surface area contributed by atoms with Crippen LogP contribution in [0.5, 0.6) is 0 Å². The Morgan fingerprint density at radius 2 is 2.06 bits per heavy atom. The molecule has 0 aliphatic carbocycles. The van der Waals surface area contributed by atoms with Gasteiger partial charge >= 0.3 is 0 Å². The zero-order valence-corrected chi connectivity index (χ0v) is 11.0. The number of carbonyl (C=O) groups is 2. The monoisotopic (exact) mass is 265 g/mol. The molecule has 2 amide bonds. The van der Waals surface area contributed by atoms with Crippen LogP contribution in [0.15, 0.2) is 0 Å². The van der Waals surface area contributed by atoms with Crippen LogP contribution in [0, 0.1) is 0 Å². The summed E-state index contributed by atoms with van der Waals surface area (Å²) in [5.74, 6) is -0.802. The van der Waals surface area contributed by atoms with Gasteiger partial charge in [-0.3, -0.25) is 9.59 Å². The molecule has 1 heterocycles. The molecule has 6 nitrogen and oxygen atoms in total. The van der Waals surface area contributed by atoms with Crippen LogP contribution in [0.4, 0.5) is 0 Å². The number of nitrogens with two attached hydrogens (primary N) is 2. The molecule has 1 rings (SSSR count). The zero-order valence-electron chi connectivity index (χ0n) is 10.1. The minimum atomic E-state index is -0.841. The number of halogens is 1. The quantitative estimate of drug-likeness (QED) is 0.701. The van der Waals surface area contributed by atoms with E-state index in [1.54, 1.807) is 4.90 Å². The van der Waals surface area contributed by atoms with Gasteiger partial charge in [0.25, 0.3) is 0 Å². The van der Waals surface area contributed by atoms with Crippen LogP contribution in [0.1, 0.15) is 20.3 Å². The van der Waals surface area contributed by atoms with Gasteiger partial charge in [0.05, 0.1) is 24.7 Å². The van der Waals surface area contributed by atoms with E-state index in [1.807, 2.05) is 13.8 Å². The Morgan fingerprint density at radius 3 is 2.53 bits per heavy atom. The van der Waals surface area contributed by atoms with Crippen molar-refractivity contribution in [1.82, 2.24) is 4.90 Å². The van der Waals surface area contributed by atoms with E-state index in [2.05, 4.69) is 0 Å². The van der Waals surface area contributed by atoms with Crippen LogP contribution in [0.2, 0.25) is 0 Å². The average molecular weight is 266 g/mol. The van der Waals surface area contributed by atoms with E-state index in [9.17, 15) is 9.59 Å². The number of carbonyl (C=O) groups excluding carboxylic acids is 2. The largest absolute Gasteiger partial charge is 0.372 e. The predicted octanol–water partition coefficient (Wildman–Crippen LogP) is -0.752. The molecule has 1 fully saturated rings. The predicted molar refractivity (Wildman–Crippen MR) is 65.6 cm³/mol. The molecular formula is C10H20ClN3O3. The molecule has 0 saturated carbocycles. The van der Waals surface area contributed by atoms with Gasteiger partial charge in [-0.15, -0.1) is 12.4 Å². The van der Waals surface area contributed by atoms with Gasteiger partial charge < -0.3 is 21.1 Å². The van der Waals surface area contributed by atoms with Crippen molar-refractivity contribution in [2.45, 2.75) is 31.9 Å². The maximum Gasteiger partial charge on any atom is 0.240 e. The molecule has 17 heavy (non-hydrogen) atoms. The van der Waals surface area contributed by atoms with Crippen molar-refractivity contribution in [3.05, 3.63) is 0 Å². The minimum Gasteiger partial charge on any atom is -0.372 e. The van der Waals surface area contributed by atoms with Gasteiger partial charge in [-0.05, 0) is 13.8 Å². The fourth-order valence-corrected chi connectivity index (χ4v) is 1.74. The summed E-state index contributed by atoms with van der Waals surface area (Å²) < 4.78 is 5.48. The van der Waals surface area contributed by atoms with E-state index in [1.165, 1.54) is 0 Å². The van der Waals surface area contributed by atoms with Gasteiger partial charge in [0, 0.05) is 13.1 Å². The number of primary amides is 1. The van der Waals surface area contributed by atoms with Gasteiger partial charge in [0.15, 0.2) is 0 Å². The molecule has 0 bridgehead atoms. The van der Waals surface area contributed by atoms with E-state index in [0.29, 0.717) is 19.7 Å². The molecule has 1 saturated heterocycles. The van der Waals surface area contributed by atoms with Crippen LogP contribution in [-0.2, 0) is 14.3 Å². The average Bonchev–Trinajstić information content (AvgIpc) is 2.13. The highest BCUT2D eigenvalue weighted by molar-refractivity contribution is 5.87. The first kappa shape index (κ1) is 16.1. The first-order valence-corrected chi connectivity index (χ1v) is 5.28. The number of hydrogen-bond donors (Lipinski definition) is 2. The molecule has 0 spiro atoms. The third-order valence-corrected chi connectivity index (χ3v) is 2.48. The highest BCUT2D eigenvalue weighted by atomic mass is 35.5. The van der Waals surface area contributed by atoms with E-state index < -0.39 is 11.9 Å². The number of amides is 2. The van der Waals surface area contributed by atoms with Crippen molar-refractivity contribution in [2.75, 3.05) is 19.7 Å². The fraction of sp³-hybridized carbons (Fsp3) is 0.800. The fourth-order valence-electron chi connectivity index (χ4n) is 1.74. The Hall–Kier alpha value is -0.850.